The maximum atomic E-state index is 6.04. The minimum atomic E-state index is -0.256. The fourth-order valence-electron chi connectivity index (χ4n) is 1.95. The molecule has 0 bridgehead atoms. The van der Waals surface area contributed by atoms with E-state index in [1.807, 2.05) is 6.92 Å². The van der Waals surface area contributed by atoms with Crippen LogP contribution in [0.3, 0.4) is 0 Å². The van der Waals surface area contributed by atoms with Gasteiger partial charge in [0.25, 0.3) is 0 Å². The van der Waals surface area contributed by atoms with E-state index in [9.17, 15) is 0 Å². The maximum Gasteiger partial charge on any atom is 0.243 e. The summed E-state index contributed by atoms with van der Waals surface area (Å²) in [5.41, 5.74) is 5.94. The largest absolute Gasteiger partial charge is 0.385 e. The zero-order valence-electron chi connectivity index (χ0n) is 13.2. The topological polar surface area (TPSA) is 83.4 Å². The van der Waals surface area contributed by atoms with Gasteiger partial charge >= 0.3 is 0 Å². The highest BCUT2D eigenvalue weighted by Gasteiger charge is 2.31. The van der Waals surface area contributed by atoms with Gasteiger partial charge in [-0.15, -0.1) is 0 Å². The van der Waals surface area contributed by atoms with E-state index in [0.717, 1.165) is 12.8 Å². The van der Waals surface area contributed by atoms with Crippen LogP contribution < -0.4 is 5.73 Å². The molecule has 0 saturated heterocycles. The molecule has 2 atom stereocenters. The molecule has 0 aliphatic carbocycles. The van der Waals surface area contributed by atoms with Crippen molar-refractivity contribution in [1.29, 1.82) is 0 Å². The molecule has 1 aromatic rings. The summed E-state index contributed by atoms with van der Waals surface area (Å²) in [6.45, 7) is 9.49. The molecule has 1 rings (SSSR count). The van der Waals surface area contributed by atoms with Gasteiger partial charge in [0.05, 0.1) is 6.04 Å². The van der Waals surface area contributed by atoms with Crippen molar-refractivity contribution in [2.45, 2.75) is 52.7 Å². The van der Waals surface area contributed by atoms with Crippen molar-refractivity contribution >= 4 is 0 Å². The normalized spacial score (nSPS) is 15.3. The SMILES string of the molecule is CCOC(c1noc(C(N)CCCOC)n1)C(C)(C)C. The van der Waals surface area contributed by atoms with Gasteiger partial charge in [-0.2, -0.15) is 4.98 Å². The van der Waals surface area contributed by atoms with E-state index in [4.69, 9.17) is 19.7 Å². The van der Waals surface area contributed by atoms with Crippen molar-refractivity contribution in [1.82, 2.24) is 10.1 Å². The molecule has 116 valence electrons. The predicted octanol–water partition coefficient (Wildman–Crippen LogP) is 2.62. The highest BCUT2D eigenvalue weighted by atomic mass is 16.5. The number of rotatable bonds is 8. The average molecular weight is 285 g/mol. The minimum absolute atomic E-state index is 0.0999. The van der Waals surface area contributed by atoms with E-state index in [0.29, 0.717) is 24.9 Å². The molecule has 6 heteroatoms. The summed E-state index contributed by atoms with van der Waals surface area (Å²) in [5, 5.41) is 4.03. The Morgan fingerprint density at radius 2 is 2.05 bits per heavy atom. The summed E-state index contributed by atoms with van der Waals surface area (Å²) >= 11 is 0. The van der Waals surface area contributed by atoms with Gasteiger partial charge in [-0.1, -0.05) is 25.9 Å². The number of nitrogens with zero attached hydrogens (tertiary/aromatic N) is 2. The zero-order valence-corrected chi connectivity index (χ0v) is 13.2. The summed E-state index contributed by atoms with van der Waals surface area (Å²) < 4.78 is 16.0. The van der Waals surface area contributed by atoms with E-state index in [1.165, 1.54) is 0 Å². The number of hydrogen-bond donors (Lipinski definition) is 1. The smallest absolute Gasteiger partial charge is 0.243 e. The van der Waals surface area contributed by atoms with Gasteiger partial charge in [0.1, 0.15) is 6.10 Å². The Morgan fingerprint density at radius 1 is 1.35 bits per heavy atom. The Bertz CT molecular complexity index is 387. The molecule has 0 radical (unpaired) electrons. The maximum absolute atomic E-state index is 6.04. The lowest BCUT2D eigenvalue weighted by molar-refractivity contribution is -0.0203. The second kappa shape index (κ2) is 7.71. The van der Waals surface area contributed by atoms with Crippen LogP contribution in [0.5, 0.6) is 0 Å². The zero-order chi connectivity index (χ0) is 15.2. The Hall–Kier alpha value is -0.980. The Balaban J connectivity index is 2.73. The standard InChI is InChI=1S/C14H27N3O3/c1-6-19-11(14(2,3)4)12-16-13(20-17-12)10(15)8-7-9-18-5/h10-11H,6-9,15H2,1-5H3. The van der Waals surface area contributed by atoms with Gasteiger partial charge in [0.15, 0.2) is 0 Å². The first kappa shape index (κ1) is 17.1. The van der Waals surface area contributed by atoms with Crippen LogP contribution in [0.1, 0.15) is 64.4 Å². The van der Waals surface area contributed by atoms with Crippen LogP contribution in [0.15, 0.2) is 4.52 Å². The van der Waals surface area contributed by atoms with E-state index in [-0.39, 0.29) is 17.6 Å². The summed E-state index contributed by atoms with van der Waals surface area (Å²) in [6, 6.07) is -0.256. The van der Waals surface area contributed by atoms with Crippen LogP contribution in [-0.4, -0.2) is 30.5 Å². The van der Waals surface area contributed by atoms with Crippen LogP contribution in [0, 0.1) is 5.41 Å². The third kappa shape index (κ3) is 4.85. The lowest BCUT2D eigenvalue weighted by Crippen LogP contribution is -2.23. The molecule has 2 N–H and O–H groups in total. The van der Waals surface area contributed by atoms with Crippen LogP contribution >= 0.6 is 0 Å². The summed E-state index contributed by atoms with van der Waals surface area (Å²) in [7, 11) is 1.67. The predicted molar refractivity (Wildman–Crippen MR) is 76.2 cm³/mol. The van der Waals surface area contributed by atoms with Crippen molar-refractivity contribution in [3.63, 3.8) is 0 Å². The molecule has 0 aliphatic rings. The van der Waals surface area contributed by atoms with Crippen molar-refractivity contribution in [2.75, 3.05) is 20.3 Å². The molecule has 1 heterocycles. The molecule has 0 amide bonds. The lowest BCUT2D eigenvalue weighted by Gasteiger charge is -2.27. The van der Waals surface area contributed by atoms with Gasteiger partial charge in [0, 0.05) is 20.3 Å². The molecular formula is C14H27N3O3. The number of ether oxygens (including phenoxy) is 2. The van der Waals surface area contributed by atoms with Crippen LogP contribution in [-0.2, 0) is 9.47 Å². The first-order valence-electron chi connectivity index (χ1n) is 7.09. The highest BCUT2D eigenvalue weighted by molar-refractivity contribution is 4.98. The second-order valence-corrected chi connectivity index (χ2v) is 5.93. The minimum Gasteiger partial charge on any atom is -0.385 e. The summed E-state index contributed by atoms with van der Waals surface area (Å²) in [6.07, 6.45) is 1.42. The van der Waals surface area contributed by atoms with Crippen molar-refractivity contribution in [2.24, 2.45) is 11.1 Å². The number of aromatic nitrogens is 2. The lowest BCUT2D eigenvalue weighted by atomic mass is 9.88. The van der Waals surface area contributed by atoms with Crippen LogP contribution in [0.25, 0.3) is 0 Å². The summed E-state index contributed by atoms with van der Waals surface area (Å²) in [5.74, 6) is 1.03. The van der Waals surface area contributed by atoms with Crippen molar-refractivity contribution in [3.05, 3.63) is 11.7 Å². The van der Waals surface area contributed by atoms with Crippen LogP contribution in [0.4, 0.5) is 0 Å². The fourth-order valence-corrected chi connectivity index (χ4v) is 1.95. The number of hydrogen-bond acceptors (Lipinski definition) is 6. The molecule has 0 aromatic carbocycles. The molecule has 20 heavy (non-hydrogen) atoms. The monoisotopic (exact) mass is 285 g/mol. The second-order valence-electron chi connectivity index (χ2n) is 5.93. The molecular weight excluding hydrogens is 258 g/mol. The quantitative estimate of drug-likeness (QED) is 0.739. The van der Waals surface area contributed by atoms with Gasteiger partial charge in [-0.05, 0) is 25.2 Å². The summed E-state index contributed by atoms with van der Waals surface area (Å²) in [4.78, 5) is 4.41. The number of methoxy groups -OCH3 is 1. The van der Waals surface area contributed by atoms with E-state index in [2.05, 4.69) is 30.9 Å². The molecule has 1 aromatic heterocycles. The van der Waals surface area contributed by atoms with Crippen LogP contribution in [0.2, 0.25) is 0 Å². The van der Waals surface area contributed by atoms with Gasteiger partial charge in [0.2, 0.25) is 11.7 Å². The van der Waals surface area contributed by atoms with E-state index < -0.39 is 0 Å². The molecule has 0 spiro atoms. The van der Waals surface area contributed by atoms with E-state index >= 15 is 0 Å². The highest BCUT2D eigenvalue weighted by Crippen LogP contribution is 2.34. The van der Waals surface area contributed by atoms with Gasteiger partial charge in [-0.3, -0.25) is 0 Å². The average Bonchev–Trinajstić information content (AvgIpc) is 2.84. The molecule has 0 fully saturated rings. The van der Waals surface area contributed by atoms with Crippen molar-refractivity contribution < 1.29 is 14.0 Å². The first-order chi connectivity index (χ1) is 9.40. The van der Waals surface area contributed by atoms with Crippen molar-refractivity contribution in [3.8, 4) is 0 Å². The fraction of sp³-hybridized carbons (Fsp3) is 0.857. The first-order valence-corrected chi connectivity index (χ1v) is 7.09. The van der Waals surface area contributed by atoms with Gasteiger partial charge in [-0.25, -0.2) is 0 Å². The van der Waals surface area contributed by atoms with E-state index in [1.54, 1.807) is 7.11 Å². The molecule has 2 unspecified atom stereocenters. The third-order valence-corrected chi connectivity index (χ3v) is 2.99. The van der Waals surface area contributed by atoms with Gasteiger partial charge < -0.3 is 19.7 Å². The molecule has 6 nitrogen and oxygen atoms in total. The Morgan fingerprint density at radius 3 is 2.60 bits per heavy atom. The molecule has 0 aliphatic heterocycles. The third-order valence-electron chi connectivity index (χ3n) is 2.99. The number of nitrogens with two attached hydrogens (primary N) is 1. The molecule has 0 saturated carbocycles. The Labute approximate surface area is 121 Å². The Kier molecular flexibility index (Phi) is 6.58.